The number of aliphatic hydroxyl groups is 1. The van der Waals surface area contributed by atoms with Crippen LogP contribution in [0.5, 0.6) is 0 Å². The molecule has 40 heavy (non-hydrogen) atoms. The predicted molar refractivity (Wildman–Crippen MR) is 168 cm³/mol. The molecule has 3 aromatic rings. The molecular weight excluding hydrogens is 535 g/mol. The molecule has 0 amide bonds. The van der Waals surface area contributed by atoms with Gasteiger partial charge in [0.25, 0.3) is 0 Å². The van der Waals surface area contributed by atoms with E-state index in [-0.39, 0.29) is 5.92 Å². The van der Waals surface area contributed by atoms with Gasteiger partial charge in [0.15, 0.2) is 5.82 Å². The highest BCUT2D eigenvalue weighted by Crippen LogP contribution is 2.46. The van der Waals surface area contributed by atoms with Crippen molar-refractivity contribution in [1.29, 1.82) is 0 Å². The van der Waals surface area contributed by atoms with Crippen LogP contribution in [0.4, 0.5) is 11.4 Å². The lowest BCUT2D eigenvalue weighted by Gasteiger charge is -2.37. The van der Waals surface area contributed by atoms with Crippen LogP contribution in [0.2, 0.25) is 25.7 Å². The van der Waals surface area contributed by atoms with Crippen molar-refractivity contribution in [1.82, 2.24) is 14.8 Å². The fourth-order valence-corrected chi connectivity index (χ4v) is 6.77. The SMILES string of the molecule is C=CC1(O)CCN(c2ccc(-n3ccc(C(C)c4ccc5c(c4)SC(=C)N5COCC[Si](C)(C)C)n3)nc2)CC1. The van der Waals surface area contributed by atoms with E-state index in [1.165, 1.54) is 10.5 Å². The van der Waals surface area contributed by atoms with Crippen molar-refractivity contribution < 1.29 is 9.84 Å². The Morgan fingerprint density at radius 2 is 1.95 bits per heavy atom. The van der Waals surface area contributed by atoms with Crippen molar-refractivity contribution in [3.05, 3.63) is 84.3 Å². The van der Waals surface area contributed by atoms with Gasteiger partial charge in [0, 0.05) is 44.8 Å². The summed E-state index contributed by atoms with van der Waals surface area (Å²) in [4.78, 5) is 10.3. The molecule has 0 aliphatic carbocycles. The molecular formula is C31H41N5O2SSi. The third-order valence-corrected chi connectivity index (χ3v) is 10.6. The molecule has 5 rings (SSSR count). The van der Waals surface area contributed by atoms with Crippen LogP contribution >= 0.6 is 11.8 Å². The lowest BCUT2D eigenvalue weighted by Crippen LogP contribution is -2.43. The number of ether oxygens (including phenoxy) is 1. The summed E-state index contributed by atoms with van der Waals surface area (Å²) in [6.07, 6.45) is 6.89. The second kappa shape index (κ2) is 11.6. The van der Waals surface area contributed by atoms with Gasteiger partial charge < -0.3 is 19.6 Å². The molecule has 1 saturated heterocycles. The molecule has 2 aliphatic rings. The lowest BCUT2D eigenvalue weighted by molar-refractivity contribution is 0.0650. The molecule has 9 heteroatoms. The van der Waals surface area contributed by atoms with E-state index in [1.807, 2.05) is 23.1 Å². The van der Waals surface area contributed by atoms with Crippen molar-refractivity contribution >= 4 is 31.2 Å². The molecule has 0 radical (unpaired) electrons. The van der Waals surface area contributed by atoms with Gasteiger partial charge in [0.2, 0.25) is 0 Å². The fourth-order valence-electron chi connectivity index (χ4n) is 5.02. The Labute approximate surface area is 243 Å². The van der Waals surface area contributed by atoms with Crippen molar-refractivity contribution in [3.8, 4) is 5.82 Å². The van der Waals surface area contributed by atoms with E-state index in [2.05, 4.69) is 84.8 Å². The quantitative estimate of drug-likeness (QED) is 0.165. The van der Waals surface area contributed by atoms with E-state index in [1.54, 1.807) is 17.8 Å². The number of nitrogens with zero attached hydrogens (tertiary/aromatic N) is 5. The molecule has 1 N–H and O–H groups in total. The maximum absolute atomic E-state index is 10.4. The average molecular weight is 576 g/mol. The van der Waals surface area contributed by atoms with Crippen LogP contribution in [0.15, 0.2) is 78.0 Å². The van der Waals surface area contributed by atoms with E-state index in [4.69, 9.17) is 9.84 Å². The van der Waals surface area contributed by atoms with Crippen LogP contribution in [0.25, 0.3) is 5.82 Å². The number of hydrogen-bond donors (Lipinski definition) is 1. The Kier molecular flexibility index (Phi) is 8.29. The molecule has 0 spiro atoms. The maximum Gasteiger partial charge on any atom is 0.153 e. The van der Waals surface area contributed by atoms with Crippen LogP contribution in [0.1, 0.15) is 36.9 Å². The van der Waals surface area contributed by atoms with E-state index in [9.17, 15) is 5.11 Å². The number of aromatic nitrogens is 3. The number of piperidine rings is 1. The molecule has 0 saturated carbocycles. The number of benzene rings is 1. The van der Waals surface area contributed by atoms with Crippen LogP contribution in [-0.4, -0.2) is 60.0 Å². The minimum absolute atomic E-state index is 0.138. The minimum Gasteiger partial charge on any atom is -0.386 e. The van der Waals surface area contributed by atoms with Crippen molar-refractivity contribution in [2.75, 3.05) is 36.2 Å². The molecule has 4 heterocycles. The van der Waals surface area contributed by atoms with Crippen molar-refractivity contribution in [2.24, 2.45) is 0 Å². The summed E-state index contributed by atoms with van der Waals surface area (Å²) >= 11 is 1.71. The number of rotatable bonds is 10. The van der Waals surface area contributed by atoms with Crippen LogP contribution in [-0.2, 0) is 4.74 Å². The van der Waals surface area contributed by atoms with Gasteiger partial charge >= 0.3 is 0 Å². The minimum atomic E-state index is -1.11. The number of thioether (sulfide) groups is 1. The van der Waals surface area contributed by atoms with Gasteiger partial charge in [-0.15, -0.1) is 6.58 Å². The lowest BCUT2D eigenvalue weighted by atomic mass is 9.91. The topological polar surface area (TPSA) is 66.7 Å². The molecule has 0 bridgehead atoms. The van der Waals surface area contributed by atoms with Gasteiger partial charge in [-0.05, 0) is 54.8 Å². The Hall–Kier alpha value is -2.85. The fraction of sp³-hybridized carbons (Fsp3) is 0.419. The first-order valence-electron chi connectivity index (χ1n) is 14.0. The number of hydrogen-bond acceptors (Lipinski definition) is 7. The average Bonchev–Trinajstić information content (AvgIpc) is 3.55. The van der Waals surface area contributed by atoms with Crippen LogP contribution in [0.3, 0.4) is 0 Å². The number of pyridine rings is 1. The van der Waals surface area contributed by atoms with E-state index in [0.29, 0.717) is 19.6 Å². The second-order valence-corrected chi connectivity index (χ2v) is 18.8. The standard InChI is InChI=1S/C31H41N5O2SSi/c1-7-31(37)13-16-34(17-14-31)26-9-11-30(32-21-26)36-15-12-27(33-36)23(2)25-8-10-28-29(20-25)39-24(3)35(28)22-38-18-19-40(4,5)6/h7-12,15,20-21,23,37H,1,3,13-14,16-19,22H2,2,4-6H3. The Balaban J connectivity index is 1.22. The molecule has 2 aliphatic heterocycles. The van der Waals surface area contributed by atoms with E-state index < -0.39 is 13.7 Å². The summed E-state index contributed by atoms with van der Waals surface area (Å²) in [5.41, 5.74) is 3.69. The third-order valence-electron chi connectivity index (χ3n) is 7.91. The first kappa shape index (κ1) is 28.7. The van der Waals surface area contributed by atoms with Crippen molar-refractivity contribution in [2.45, 2.75) is 61.9 Å². The zero-order valence-electron chi connectivity index (χ0n) is 24.1. The predicted octanol–water partition coefficient (Wildman–Crippen LogP) is 6.63. The first-order valence-corrected chi connectivity index (χ1v) is 18.6. The summed E-state index contributed by atoms with van der Waals surface area (Å²) in [7, 11) is -1.11. The highest BCUT2D eigenvalue weighted by atomic mass is 32.2. The van der Waals surface area contributed by atoms with Gasteiger partial charge in [-0.1, -0.05) is 57.0 Å². The zero-order chi connectivity index (χ0) is 28.5. The molecule has 1 aromatic carbocycles. The second-order valence-electron chi connectivity index (χ2n) is 12.1. The third kappa shape index (κ3) is 6.38. The normalized spacial score (nSPS) is 17.7. The first-order chi connectivity index (χ1) is 19.0. The van der Waals surface area contributed by atoms with Crippen molar-refractivity contribution in [3.63, 3.8) is 0 Å². The number of anilines is 2. The Morgan fingerprint density at radius 3 is 2.62 bits per heavy atom. The molecule has 1 atom stereocenters. The summed E-state index contributed by atoms with van der Waals surface area (Å²) in [6.45, 7) is 20.3. The summed E-state index contributed by atoms with van der Waals surface area (Å²) in [5.74, 6) is 0.922. The molecule has 7 nitrogen and oxygen atoms in total. The highest BCUT2D eigenvalue weighted by Gasteiger charge is 2.29. The van der Waals surface area contributed by atoms with Crippen LogP contribution in [0, 0.1) is 0 Å². The van der Waals surface area contributed by atoms with Gasteiger partial charge in [-0.3, -0.25) is 0 Å². The highest BCUT2D eigenvalue weighted by molar-refractivity contribution is 8.03. The van der Waals surface area contributed by atoms with Gasteiger partial charge in [0.1, 0.15) is 6.73 Å². The molecule has 1 fully saturated rings. The van der Waals surface area contributed by atoms with E-state index >= 15 is 0 Å². The summed E-state index contributed by atoms with van der Waals surface area (Å²) < 4.78 is 7.86. The van der Waals surface area contributed by atoms with Crippen LogP contribution < -0.4 is 9.80 Å². The number of fused-ring (bicyclic) bond motifs is 1. The summed E-state index contributed by atoms with van der Waals surface area (Å²) in [6, 6.07) is 13.9. The van der Waals surface area contributed by atoms with E-state index in [0.717, 1.165) is 53.7 Å². The summed E-state index contributed by atoms with van der Waals surface area (Å²) in [5, 5.41) is 16.3. The van der Waals surface area contributed by atoms with Gasteiger partial charge in [0.05, 0.1) is 33.9 Å². The molecule has 212 valence electrons. The maximum atomic E-state index is 10.4. The Morgan fingerprint density at radius 1 is 1.18 bits per heavy atom. The molecule has 1 unspecified atom stereocenters. The van der Waals surface area contributed by atoms with Gasteiger partial charge in [-0.2, -0.15) is 5.10 Å². The van der Waals surface area contributed by atoms with Gasteiger partial charge in [-0.25, -0.2) is 9.67 Å². The Bertz CT molecular complexity index is 1360. The monoisotopic (exact) mass is 575 g/mol. The zero-order valence-corrected chi connectivity index (χ0v) is 26.0. The molecule has 2 aromatic heterocycles. The smallest absolute Gasteiger partial charge is 0.153 e. The largest absolute Gasteiger partial charge is 0.386 e.